The van der Waals surface area contributed by atoms with Crippen LogP contribution < -0.4 is 4.74 Å². The third-order valence-corrected chi connectivity index (χ3v) is 8.90. The molecule has 4 atom stereocenters. The lowest BCUT2D eigenvalue weighted by Crippen LogP contribution is -2.36. The molecule has 0 spiro atoms. The van der Waals surface area contributed by atoms with Crippen molar-refractivity contribution in [1.82, 2.24) is 0 Å². The van der Waals surface area contributed by atoms with Crippen molar-refractivity contribution in [2.24, 2.45) is 17.3 Å². The molecular weight excluding hydrogens is 414 g/mol. The topological polar surface area (TPSA) is 33.0 Å². The monoisotopic (exact) mass is 465 g/mol. The van der Waals surface area contributed by atoms with Gasteiger partial charge in [0.15, 0.2) is 0 Å². The van der Waals surface area contributed by atoms with Gasteiger partial charge in [-0.2, -0.15) is 5.26 Å². The van der Waals surface area contributed by atoms with Gasteiger partial charge in [0.1, 0.15) is 5.75 Å². The number of hydrogen-bond donors (Lipinski definition) is 0. The molecule has 34 heavy (non-hydrogen) atoms. The Morgan fingerprint density at radius 2 is 1.50 bits per heavy atom. The summed E-state index contributed by atoms with van der Waals surface area (Å²) in [7, 11) is 0. The van der Waals surface area contributed by atoms with Gasteiger partial charge in [0.2, 0.25) is 0 Å². The van der Waals surface area contributed by atoms with Gasteiger partial charge in [-0.3, -0.25) is 0 Å². The molecule has 2 fully saturated rings. The minimum absolute atomic E-state index is 0.0196. The van der Waals surface area contributed by atoms with Crippen LogP contribution in [0.5, 0.6) is 5.75 Å². The number of rotatable bonds is 15. The molecule has 0 saturated heterocycles. The number of ether oxygens (including phenoxy) is 1. The second-order valence-electron chi connectivity index (χ2n) is 11.5. The molecule has 190 valence electrons. The lowest BCUT2D eigenvalue weighted by Gasteiger charge is -2.45. The van der Waals surface area contributed by atoms with Gasteiger partial charge in [0.05, 0.1) is 18.1 Å². The van der Waals surface area contributed by atoms with E-state index in [9.17, 15) is 5.26 Å². The fourth-order valence-electron chi connectivity index (χ4n) is 6.68. The SMILES string of the molecule is CCCCCCCC[C@]1(C#N)CC[C@@H]2CC(c3ccc(OCCCCCCC)cc3)CCC2C1. The molecule has 0 N–H and O–H groups in total. The van der Waals surface area contributed by atoms with Crippen molar-refractivity contribution in [3.05, 3.63) is 29.8 Å². The molecule has 2 saturated carbocycles. The van der Waals surface area contributed by atoms with Crippen molar-refractivity contribution >= 4 is 0 Å². The summed E-state index contributed by atoms with van der Waals surface area (Å²) in [6.07, 6.45) is 23.0. The van der Waals surface area contributed by atoms with Crippen LogP contribution in [0.1, 0.15) is 141 Å². The van der Waals surface area contributed by atoms with Crippen LogP contribution >= 0.6 is 0 Å². The summed E-state index contributed by atoms with van der Waals surface area (Å²) in [5, 5.41) is 10.1. The zero-order valence-corrected chi connectivity index (χ0v) is 22.3. The Morgan fingerprint density at radius 3 is 2.21 bits per heavy atom. The van der Waals surface area contributed by atoms with Crippen molar-refractivity contribution in [2.45, 2.75) is 135 Å². The van der Waals surface area contributed by atoms with Gasteiger partial charge in [0.25, 0.3) is 0 Å². The lowest BCUT2D eigenvalue weighted by atomic mass is 9.58. The molecule has 0 bridgehead atoms. The van der Waals surface area contributed by atoms with E-state index in [0.29, 0.717) is 5.92 Å². The molecule has 0 aliphatic heterocycles. The van der Waals surface area contributed by atoms with Crippen LogP contribution in [0.2, 0.25) is 0 Å². The standard InChI is InChI=1S/C32H51NO/c1-3-5-7-9-10-12-21-32(26-33)22-20-29-24-28(14-15-30(29)25-32)27-16-18-31(19-17-27)34-23-13-11-8-6-4-2/h16-19,28-30H,3-15,20-25H2,1-2H3/t28?,29-,30?,32+/m1/s1. The van der Waals surface area contributed by atoms with Gasteiger partial charge in [-0.15, -0.1) is 0 Å². The Kier molecular flexibility index (Phi) is 11.8. The highest BCUT2D eigenvalue weighted by Crippen LogP contribution is 2.53. The molecular formula is C32H51NO. The Balaban J connectivity index is 1.41. The molecule has 2 aliphatic carbocycles. The van der Waals surface area contributed by atoms with Crippen LogP contribution in [0.25, 0.3) is 0 Å². The van der Waals surface area contributed by atoms with E-state index >= 15 is 0 Å². The van der Waals surface area contributed by atoms with Crippen molar-refractivity contribution in [3.8, 4) is 11.8 Å². The van der Waals surface area contributed by atoms with Crippen LogP contribution in [0, 0.1) is 28.6 Å². The van der Waals surface area contributed by atoms with Crippen molar-refractivity contribution in [1.29, 1.82) is 5.26 Å². The summed E-state index contributed by atoms with van der Waals surface area (Å²) in [4.78, 5) is 0. The van der Waals surface area contributed by atoms with Crippen molar-refractivity contribution in [2.75, 3.05) is 6.61 Å². The van der Waals surface area contributed by atoms with Crippen LogP contribution in [0.3, 0.4) is 0 Å². The minimum atomic E-state index is -0.0196. The number of hydrogen-bond acceptors (Lipinski definition) is 2. The largest absolute Gasteiger partial charge is 0.494 e. The van der Waals surface area contributed by atoms with Crippen molar-refractivity contribution < 1.29 is 4.74 Å². The molecule has 1 aromatic carbocycles. The van der Waals surface area contributed by atoms with Crippen LogP contribution in [0.4, 0.5) is 0 Å². The Hall–Kier alpha value is -1.49. The molecule has 0 radical (unpaired) electrons. The average molecular weight is 466 g/mol. The van der Waals surface area contributed by atoms with Crippen LogP contribution in [-0.4, -0.2) is 6.61 Å². The molecule has 2 nitrogen and oxygen atoms in total. The zero-order chi connectivity index (χ0) is 24.1. The third-order valence-electron chi connectivity index (χ3n) is 8.90. The summed E-state index contributed by atoms with van der Waals surface area (Å²) < 4.78 is 5.98. The second-order valence-corrected chi connectivity index (χ2v) is 11.5. The summed E-state index contributed by atoms with van der Waals surface area (Å²) in [6.45, 7) is 5.38. The van der Waals surface area contributed by atoms with E-state index in [1.165, 1.54) is 102 Å². The highest BCUT2D eigenvalue weighted by atomic mass is 16.5. The molecule has 0 amide bonds. The maximum atomic E-state index is 10.1. The lowest BCUT2D eigenvalue weighted by molar-refractivity contribution is 0.0784. The summed E-state index contributed by atoms with van der Waals surface area (Å²) in [5.41, 5.74) is 1.48. The van der Waals surface area contributed by atoms with E-state index < -0.39 is 0 Å². The van der Waals surface area contributed by atoms with Gasteiger partial charge in [-0.1, -0.05) is 90.2 Å². The van der Waals surface area contributed by atoms with Gasteiger partial charge in [-0.25, -0.2) is 0 Å². The quantitative estimate of drug-likeness (QED) is 0.241. The molecule has 1 aromatic rings. The van der Waals surface area contributed by atoms with Gasteiger partial charge in [-0.05, 0) is 86.8 Å². The molecule has 2 heteroatoms. The van der Waals surface area contributed by atoms with E-state index in [-0.39, 0.29) is 5.41 Å². The van der Waals surface area contributed by atoms with E-state index in [1.807, 2.05) is 0 Å². The van der Waals surface area contributed by atoms with Crippen LogP contribution in [0.15, 0.2) is 24.3 Å². The van der Waals surface area contributed by atoms with E-state index in [4.69, 9.17) is 4.74 Å². The predicted octanol–water partition coefficient (Wildman–Crippen LogP) is 9.98. The van der Waals surface area contributed by atoms with Gasteiger partial charge in [0, 0.05) is 0 Å². The first-order chi connectivity index (χ1) is 16.7. The smallest absolute Gasteiger partial charge is 0.119 e. The van der Waals surface area contributed by atoms with E-state index in [0.717, 1.165) is 43.5 Å². The van der Waals surface area contributed by atoms with E-state index in [2.05, 4.69) is 44.2 Å². The Morgan fingerprint density at radius 1 is 0.824 bits per heavy atom. The van der Waals surface area contributed by atoms with Crippen LogP contribution in [-0.2, 0) is 0 Å². The van der Waals surface area contributed by atoms with Crippen molar-refractivity contribution in [3.63, 3.8) is 0 Å². The highest BCUT2D eigenvalue weighted by Gasteiger charge is 2.43. The predicted molar refractivity (Wildman–Crippen MR) is 144 cm³/mol. The molecule has 3 rings (SSSR count). The zero-order valence-electron chi connectivity index (χ0n) is 22.3. The number of fused-ring (bicyclic) bond motifs is 1. The molecule has 2 unspecified atom stereocenters. The number of nitriles is 1. The highest BCUT2D eigenvalue weighted by molar-refractivity contribution is 5.30. The summed E-state index contributed by atoms with van der Waals surface area (Å²) in [6, 6.07) is 11.8. The first-order valence-corrected chi connectivity index (χ1v) is 14.8. The number of benzene rings is 1. The Labute approximate surface area is 210 Å². The number of nitrogens with zero attached hydrogens (tertiary/aromatic N) is 1. The third kappa shape index (κ3) is 8.32. The van der Waals surface area contributed by atoms with E-state index in [1.54, 1.807) is 0 Å². The maximum absolute atomic E-state index is 10.1. The number of unbranched alkanes of at least 4 members (excludes halogenated alkanes) is 9. The van der Waals surface area contributed by atoms with Gasteiger partial charge < -0.3 is 4.74 Å². The maximum Gasteiger partial charge on any atom is 0.119 e. The fraction of sp³-hybridized carbons (Fsp3) is 0.781. The summed E-state index contributed by atoms with van der Waals surface area (Å²) >= 11 is 0. The molecule has 0 aromatic heterocycles. The Bertz CT molecular complexity index is 720. The average Bonchev–Trinajstić information content (AvgIpc) is 2.88. The second kappa shape index (κ2) is 14.8. The summed E-state index contributed by atoms with van der Waals surface area (Å²) in [5.74, 6) is 3.32. The first kappa shape index (κ1) is 27.1. The molecule has 2 aliphatic rings. The molecule has 0 heterocycles. The fourth-order valence-corrected chi connectivity index (χ4v) is 6.68. The van der Waals surface area contributed by atoms with Gasteiger partial charge >= 0.3 is 0 Å². The first-order valence-electron chi connectivity index (χ1n) is 14.8. The minimum Gasteiger partial charge on any atom is -0.494 e. The normalized spacial score (nSPS) is 26.6.